The van der Waals surface area contributed by atoms with Gasteiger partial charge >= 0.3 is 5.97 Å². The lowest BCUT2D eigenvalue weighted by atomic mass is 9.98. The summed E-state index contributed by atoms with van der Waals surface area (Å²) in [5, 5.41) is 10.3. The molecule has 10 nitrogen and oxygen atoms in total. The first-order valence-corrected chi connectivity index (χ1v) is 13.2. The van der Waals surface area contributed by atoms with Gasteiger partial charge in [-0.2, -0.15) is 14.6 Å². The van der Waals surface area contributed by atoms with E-state index in [2.05, 4.69) is 38.3 Å². The van der Waals surface area contributed by atoms with Crippen molar-refractivity contribution in [3.05, 3.63) is 106 Å². The maximum absolute atomic E-state index is 13.5. The van der Waals surface area contributed by atoms with Crippen LogP contribution in [-0.4, -0.2) is 44.0 Å². The summed E-state index contributed by atoms with van der Waals surface area (Å²) in [5.41, 5.74) is 5.91. The van der Waals surface area contributed by atoms with Crippen molar-refractivity contribution >= 4 is 23.6 Å². The number of hydrogen-bond acceptors (Lipinski definition) is 7. The lowest BCUT2D eigenvalue weighted by Gasteiger charge is -2.17. The Hall–Kier alpha value is -4.86. The summed E-state index contributed by atoms with van der Waals surface area (Å²) in [7, 11) is 0. The van der Waals surface area contributed by atoms with E-state index in [4.69, 9.17) is 4.74 Å². The molecule has 2 N–H and O–H groups in total. The second-order valence-electron chi connectivity index (χ2n) is 10.0. The van der Waals surface area contributed by atoms with Gasteiger partial charge in [-0.1, -0.05) is 43.0 Å². The molecule has 0 unspecified atom stereocenters. The van der Waals surface area contributed by atoms with Crippen LogP contribution < -0.4 is 10.6 Å². The zero-order chi connectivity index (χ0) is 27.8. The summed E-state index contributed by atoms with van der Waals surface area (Å²) in [5.74, 6) is -1.01. The van der Waals surface area contributed by atoms with Crippen molar-refractivity contribution < 1.29 is 19.1 Å². The van der Waals surface area contributed by atoms with E-state index in [1.807, 2.05) is 31.2 Å². The first-order valence-electron chi connectivity index (χ1n) is 13.2. The molecule has 6 rings (SSSR count). The minimum Gasteiger partial charge on any atom is -0.458 e. The monoisotopic (exact) mass is 536 g/mol. The first-order chi connectivity index (χ1) is 19.4. The van der Waals surface area contributed by atoms with Gasteiger partial charge in [0.05, 0.1) is 17.6 Å². The van der Waals surface area contributed by atoms with Crippen LogP contribution in [0.1, 0.15) is 84.1 Å². The second kappa shape index (κ2) is 10.4. The van der Waals surface area contributed by atoms with Gasteiger partial charge < -0.3 is 15.4 Å². The van der Waals surface area contributed by atoms with Gasteiger partial charge in [0.1, 0.15) is 24.3 Å². The average Bonchev–Trinajstić information content (AvgIpc) is 3.70. The van der Waals surface area contributed by atoms with E-state index in [-0.39, 0.29) is 41.8 Å². The van der Waals surface area contributed by atoms with Crippen molar-refractivity contribution in [2.24, 2.45) is 0 Å². The Bertz CT molecular complexity index is 1680. The molecule has 2 amide bonds. The van der Waals surface area contributed by atoms with Gasteiger partial charge in [0.25, 0.3) is 17.6 Å². The molecule has 202 valence electrons. The summed E-state index contributed by atoms with van der Waals surface area (Å²) in [6.07, 6.45) is 5.91. The second-order valence-corrected chi connectivity index (χ2v) is 10.0. The normalized spacial score (nSPS) is 17.2. The summed E-state index contributed by atoms with van der Waals surface area (Å²) >= 11 is 0. The Morgan fingerprint density at radius 3 is 2.67 bits per heavy atom. The zero-order valence-electron chi connectivity index (χ0n) is 22.0. The number of amides is 2. The molecule has 40 heavy (non-hydrogen) atoms. The van der Waals surface area contributed by atoms with Gasteiger partial charge in [0.2, 0.25) is 0 Å². The number of ether oxygens (including phenoxy) is 1. The number of benzene rings is 2. The van der Waals surface area contributed by atoms with Gasteiger partial charge in [0.15, 0.2) is 0 Å². The third-order valence-electron chi connectivity index (χ3n) is 7.71. The Morgan fingerprint density at radius 1 is 1.05 bits per heavy atom. The Morgan fingerprint density at radius 2 is 1.82 bits per heavy atom. The van der Waals surface area contributed by atoms with Crippen LogP contribution in [0, 0.1) is 6.92 Å². The number of aryl methyl sites for hydroxylation is 1. The standard InChI is InChI=1S/C30H28N6O4/c1-3-14-40-29(39)20-9-10-22-19(17(20)2)11-13-24(22)34-28(38)26-15-25(35-30-31-16-32-36(26)30)27(37)33-23-12-8-18-6-4-5-7-21(18)23/h3-7,9-10,15-16,23-24H,1,8,11-14H2,2H3,(H,33,37)(H,34,38)/t23-,24+/m1/s1. The van der Waals surface area contributed by atoms with Crippen LogP contribution in [0.25, 0.3) is 5.78 Å². The lowest BCUT2D eigenvalue weighted by molar-refractivity contribution is 0.0548. The molecule has 0 spiro atoms. The average molecular weight is 537 g/mol. The van der Waals surface area contributed by atoms with Crippen LogP contribution in [0.2, 0.25) is 0 Å². The molecule has 0 fully saturated rings. The highest BCUT2D eigenvalue weighted by molar-refractivity contribution is 5.98. The van der Waals surface area contributed by atoms with Crippen LogP contribution in [-0.2, 0) is 17.6 Å². The Balaban J connectivity index is 1.23. The van der Waals surface area contributed by atoms with E-state index in [1.54, 1.807) is 6.07 Å². The van der Waals surface area contributed by atoms with Gasteiger partial charge in [-0.05, 0) is 66.5 Å². The molecular formula is C30H28N6O4. The number of esters is 1. The molecule has 10 heteroatoms. The smallest absolute Gasteiger partial charge is 0.338 e. The summed E-state index contributed by atoms with van der Waals surface area (Å²) in [4.78, 5) is 47.7. The molecule has 0 radical (unpaired) electrons. The SMILES string of the molecule is C=CCOC(=O)c1ccc2c(c1C)CC[C@@H]2NC(=O)c1cc(C(=O)N[C@@H]2CCc3ccccc32)nc2ncnn12. The van der Waals surface area contributed by atoms with Gasteiger partial charge in [0, 0.05) is 6.07 Å². The number of carbonyl (C=O) groups excluding carboxylic acids is 3. The van der Waals surface area contributed by atoms with Crippen LogP contribution >= 0.6 is 0 Å². The number of nitrogens with zero attached hydrogens (tertiary/aromatic N) is 4. The van der Waals surface area contributed by atoms with Crippen molar-refractivity contribution in [1.82, 2.24) is 30.2 Å². The maximum atomic E-state index is 13.5. The van der Waals surface area contributed by atoms with Crippen molar-refractivity contribution in [3.8, 4) is 0 Å². The molecular weight excluding hydrogens is 508 g/mol. The van der Waals surface area contributed by atoms with Crippen molar-refractivity contribution in [1.29, 1.82) is 0 Å². The number of carbonyl (C=O) groups is 3. The minimum absolute atomic E-state index is 0.0976. The third kappa shape index (κ3) is 4.51. The lowest BCUT2D eigenvalue weighted by Crippen LogP contribution is -2.31. The summed E-state index contributed by atoms with van der Waals surface area (Å²) in [6, 6.07) is 12.7. The molecule has 4 aromatic rings. The number of nitrogens with one attached hydrogen (secondary N) is 2. The molecule has 2 aromatic heterocycles. The number of aromatic nitrogens is 4. The molecule has 2 aromatic carbocycles. The van der Waals surface area contributed by atoms with Crippen LogP contribution in [0.5, 0.6) is 0 Å². The van der Waals surface area contributed by atoms with E-state index >= 15 is 0 Å². The van der Waals surface area contributed by atoms with E-state index in [9.17, 15) is 14.4 Å². The van der Waals surface area contributed by atoms with Crippen molar-refractivity contribution in [2.45, 2.75) is 44.7 Å². The quantitative estimate of drug-likeness (QED) is 0.273. The molecule has 0 saturated carbocycles. The zero-order valence-corrected chi connectivity index (χ0v) is 22.0. The molecule has 2 heterocycles. The van der Waals surface area contributed by atoms with Crippen molar-refractivity contribution in [2.75, 3.05) is 6.61 Å². The number of fused-ring (bicyclic) bond motifs is 3. The fourth-order valence-corrected chi connectivity index (χ4v) is 5.73. The predicted molar refractivity (Wildman–Crippen MR) is 146 cm³/mol. The highest BCUT2D eigenvalue weighted by Gasteiger charge is 2.30. The molecule has 0 bridgehead atoms. The van der Waals surface area contributed by atoms with Crippen LogP contribution in [0.4, 0.5) is 0 Å². The molecule has 2 aliphatic rings. The minimum atomic E-state index is -0.400. The van der Waals surface area contributed by atoms with E-state index in [0.717, 1.165) is 35.1 Å². The predicted octanol–water partition coefficient (Wildman–Crippen LogP) is 3.61. The molecule has 0 saturated heterocycles. The Kier molecular flexibility index (Phi) is 6.59. The van der Waals surface area contributed by atoms with Crippen LogP contribution in [0.15, 0.2) is 61.4 Å². The fourth-order valence-electron chi connectivity index (χ4n) is 5.73. The largest absolute Gasteiger partial charge is 0.458 e. The topological polar surface area (TPSA) is 128 Å². The summed E-state index contributed by atoms with van der Waals surface area (Å²) < 4.78 is 6.54. The first kappa shape index (κ1) is 25.4. The fraction of sp³-hybridized carbons (Fsp3) is 0.267. The van der Waals surface area contributed by atoms with Gasteiger partial charge in [-0.25, -0.2) is 9.78 Å². The van der Waals surface area contributed by atoms with E-state index in [1.165, 1.54) is 28.5 Å². The van der Waals surface area contributed by atoms with Gasteiger partial charge in [-0.15, -0.1) is 0 Å². The third-order valence-corrected chi connectivity index (χ3v) is 7.71. The van der Waals surface area contributed by atoms with E-state index in [0.29, 0.717) is 18.4 Å². The van der Waals surface area contributed by atoms with E-state index < -0.39 is 11.9 Å². The number of hydrogen-bond donors (Lipinski definition) is 2. The Labute approximate surface area is 230 Å². The molecule has 2 aliphatic carbocycles. The van der Waals surface area contributed by atoms with Crippen molar-refractivity contribution in [3.63, 3.8) is 0 Å². The van der Waals surface area contributed by atoms with Crippen LogP contribution in [0.3, 0.4) is 0 Å². The highest BCUT2D eigenvalue weighted by Crippen LogP contribution is 2.35. The van der Waals surface area contributed by atoms with Gasteiger partial charge in [-0.3, -0.25) is 9.59 Å². The summed E-state index contributed by atoms with van der Waals surface area (Å²) in [6.45, 7) is 5.61. The maximum Gasteiger partial charge on any atom is 0.338 e. The number of rotatable bonds is 7. The highest BCUT2D eigenvalue weighted by atomic mass is 16.5. The molecule has 2 atom stereocenters. The molecule has 0 aliphatic heterocycles.